The lowest BCUT2D eigenvalue weighted by atomic mass is 10.0. The standard InChI is InChI=1S/C17H22N2O5S/c1-25(20,21)23-12-16-11-22-17(24-16,13-19-10-9-18-14-19)8-7-15-5-3-2-4-6-15/h2-6,9-10,14,16H,7-8,11-13H2,1H3/t16-,17+/m1/s1. The van der Waals surface area contributed by atoms with E-state index < -0.39 is 22.0 Å². The minimum Gasteiger partial charge on any atom is -0.345 e. The van der Waals surface area contributed by atoms with E-state index in [0.29, 0.717) is 19.6 Å². The third-order valence-electron chi connectivity index (χ3n) is 4.00. The van der Waals surface area contributed by atoms with Crippen molar-refractivity contribution in [2.45, 2.75) is 31.3 Å². The first-order valence-electron chi connectivity index (χ1n) is 8.10. The van der Waals surface area contributed by atoms with Crippen molar-refractivity contribution in [2.75, 3.05) is 19.5 Å². The largest absolute Gasteiger partial charge is 0.345 e. The number of aryl methyl sites for hydroxylation is 1. The molecule has 2 aromatic rings. The van der Waals surface area contributed by atoms with Crippen LogP contribution in [-0.2, 0) is 36.7 Å². The molecule has 0 aliphatic carbocycles. The van der Waals surface area contributed by atoms with Gasteiger partial charge in [0.05, 0.1) is 32.3 Å². The minimum atomic E-state index is -3.50. The molecule has 0 radical (unpaired) electrons. The lowest BCUT2D eigenvalue weighted by Gasteiger charge is -2.28. The molecule has 2 heterocycles. The second-order valence-electron chi connectivity index (χ2n) is 6.17. The van der Waals surface area contributed by atoms with Crippen LogP contribution in [0.2, 0.25) is 0 Å². The highest BCUT2D eigenvalue weighted by atomic mass is 32.2. The average Bonchev–Trinajstić information content (AvgIpc) is 3.22. The molecule has 3 rings (SSSR count). The van der Waals surface area contributed by atoms with Crippen LogP contribution < -0.4 is 0 Å². The van der Waals surface area contributed by atoms with Gasteiger partial charge in [0.1, 0.15) is 6.10 Å². The number of rotatable bonds is 8. The average molecular weight is 366 g/mol. The predicted molar refractivity (Wildman–Crippen MR) is 91.3 cm³/mol. The summed E-state index contributed by atoms with van der Waals surface area (Å²) in [5.41, 5.74) is 1.19. The van der Waals surface area contributed by atoms with Gasteiger partial charge in [-0.3, -0.25) is 4.18 Å². The van der Waals surface area contributed by atoms with Crippen molar-refractivity contribution in [1.82, 2.24) is 9.55 Å². The highest BCUT2D eigenvalue weighted by Crippen LogP contribution is 2.31. The Kier molecular flexibility index (Phi) is 5.53. The zero-order valence-corrected chi connectivity index (χ0v) is 14.9. The van der Waals surface area contributed by atoms with E-state index >= 15 is 0 Å². The molecule has 1 aliphatic heterocycles. The molecule has 25 heavy (non-hydrogen) atoms. The van der Waals surface area contributed by atoms with Gasteiger partial charge in [0.15, 0.2) is 5.79 Å². The number of hydrogen-bond donors (Lipinski definition) is 0. The van der Waals surface area contributed by atoms with Crippen molar-refractivity contribution < 1.29 is 22.1 Å². The number of ether oxygens (including phenoxy) is 2. The summed E-state index contributed by atoms with van der Waals surface area (Å²) in [7, 11) is -3.50. The van der Waals surface area contributed by atoms with Crippen LogP contribution in [0.4, 0.5) is 0 Å². The molecule has 136 valence electrons. The summed E-state index contributed by atoms with van der Waals surface area (Å²) < 4.78 is 41.2. The third kappa shape index (κ3) is 5.37. The number of nitrogens with zero attached hydrogens (tertiary/aromatic N) is 2. The Hall–Kier alpha value is -1.74. The fourth-order valence-corrected chi connectivity index (χ4v) is 3.23. The summed E-state index contributed by atoms with van der Waals surface area (Å²) in [6.07, 6.45) is 7.28. The van der Waals surface area contributed by atoms with E-state index in [0.717, 1.165) is 12.7 Å². The summed E-state index contributed by atoms with van der Waals surface area (Å²) in [5, 5.41) is 0. The molecule has 7 nitrogen and oxygen atoms in total. The monoisotopic (exact) mass is 366 g/mol. The SMILES string of the molecule is CS(=O)(=O)OC[C@H]1CO[C@](CCc2ccccc2)(Cn2ccnc2)O1. The van der Waals surface area contributed by atoms with E-state index in [9.17, 15) is 8.42 Å². The normalized spacial score (nSPS) is 23.8. The molecule has 0 saturated carbocycles. The smallest absolute Gasteiger partial charge is 0.264 e. The Morgan fingerprint density at radius 3 is 2.84 bits per heavy atom. The Labute approximate surface area is 147 Å². The van der Waals surface area contributed by atoms with Crippen molar-refractivity contribution in [3.63, 3.8) is 0 Å². The zero-order chi connectivity index (χ0) is 17.8. The first kappa shape index (κ1) is 18.1. The van der Waals surface area contributed by atoms with Gasteiger partial charge < -0.3 is 14.0 Å². The third-order valence-corrected chi connectivity index (χ3v) is 4.57. The van der Waals surface area contributed by atoms with Crippen molar-refractivity contribution in [3.05, 3.63) is 54.6 Å². The van der Waals surface area contributed by atoms with Gasteiger partial charge in [-0.15, -0.1) is 0 Å². The summed E-state index contributed by atoms with van der Waals surface area (Å²) >= 11 is 0. The molecule has 1 saturated heterocycles. The number of aromatic nitrogens is 2. The maximum atomic E-state index is 11.2. The lowest BCUT2D eigenvalue weighted by molar-refractivity contribution is -0.184. The van der Waals surface area contributed by atoms with Crippen LogP contribution in [0.1, 0.15) is 12.0 Å². The van der Waals surface area contributed by atoms with Crippen LogP contribution in [0.3, 0.4) is 0 Å². The van der Waals surface area contributed by atoms with E-state index in [4.69, 9.17) is 13.7 Å². The van der Waals surface area contributed by atoms with Crippen LogP contribution >= 0.6 is 0 Å². The molecule has 0 unspecified atom stereocenters. The van der Waals surface area contributed by atoms with Gasteiger partial charge in [-0.2, -0.15) is 8.42 Å². The van der Waals surface area contributed by atoms with Crippen LogP contribution in [0.5, 0.6) is 0 Å². The van der Waals surface area contributed by atoms with E-state index in [1.165, 1.54) is 5.56 Å². The fourth-order valence-electron chi connectivity index (χ4n) is 2.83. The molecular formula is C17H22N2O5S. The van der Waals surface area contributed by atoms with Crippen molar-refractivity contribution >= 4 is 10.1 Å². The molecule has 1 aliphatic rings. The Bertz CT molecular complexity index is 764. The summed E-state index contributed by atoms with van der Waals surface area (Å²) in [4.78, 5) is 4.05. The van der Waals surface area contributed by atoms with Crippen molar-refractivity contribution in [1.29, 1.82) is 0 Å². The van der Waals surface area contributed by atoms with Gasteiger partial charge in [0.25, 0.3) is 10.1 Å². The Morgan fingerprint density at radius 2 is 2.16 bits per heavy atom. The summed E-state index contributed by atoms with van der Waals surface area (Å²) in [6.45, 7) is 0.726. The van der Waals surface area contributed by atoms with Crippen LogP contribution in [0, 0.1) is 0 Å². The quantitative estimate of drug-likeness (QED) is 0.660. The summed E-state index contributed by atoms with van der Waals surface area (Å²) in [6, 6.07) is 10.1. The molecular weight excluding hydrogens is 344 g/mol. The van der Waals surface area contributed by atoms with Gasteiger partial charge in [0, 0.05) is 18.8 Å². The van der Waals surface area contributed by atoms with E-state index in [1.807, 2.05) is 29.0 Å². The summed E-state index contributed by atoms with van der Waals surface area (Å²) in [5.74, 6) is -0.831. The molecule has 0 amide bonds. The van der Waals surface area contributed by atoms with Gasteiger partial charge in [-0.25, -0.2) is 4.98 Å². The molecule has 1 aromatic carbocycles. The van der Waals surface area contributed by atoms with E-state index in [1.54, 1.807) is 12.5 Å². The van der Waals surface area contributed by atoms with Crippen molar-refractivity contribution in [3.8, 4) is 0 Å². The zero-order valence-electron chi connectivity index (χ0n) is 14.1. The maximum absolute atomic E-state index is 11.2. The van der Waals surface area contributed by atoms with Crippen LogP contribution in [-0.4, -0.2) is 49.3 Å². The lowest BCUT2D eigenvalue weighted by Crippen LogP contribution is -2.37. The van der Waals surface area contributed by atoms with Gasteiger partial charge in [-0.05, 0) is 12.0 Å². The number of imidazole rings is 1. The van der Waals surface area contributed by atoms with E-state index in [-0.39, 0.29) is 6.61 Å². The highest BCUT2D eigenvalue weighted by molar-refractivity contribution is 7.85. The van der Waals surface area contributed by atoms with Crippen LogP contribution in [0.25, 0.3) is 0 Å². The first-order chi connectivity index (χ1) is 11.9. The Morgan fingerprint density at radius 1 is 1.36 bits per heavy atom. The highest BCUT2D eigenvalue weighted by Gasteiger charge is 2.42. The van der Waals surface area contributed by atoms with E-state index in [2.05, 4.69) is 17.1 Å². The van der Waals surface area contributed by atoms with Crippen molar-refractivity contribution in [2.24, 2.45) is 0 Å². The molecule has 0 N–H and O–H groups in total. The Balaban J connectivity index is 1.67. The second-order valence-corrected chi connectivity index (χ2v) is 7.81. The predicted octanol–water partition coefficient (Wildman–Crippen LogP) is 1.60. The molecule has 2 atom stereocenters. The first-order valence-corrected chi connectivity index (χ1v) is 9.92. The van der Waals surface area contributed by atoms with Crippen LogP contribution in [0.15, 0.2) is 49.1 Å². The molecule has 0 spiro atoms. The fraction of sp³-hybridized carbons (Fsp3) is 0.471. The number of benzene rings is 1. The molecule has 0 bridgehead atoms. The maximum Gasteiger partial charge on any atom is 0.264 e. The molecule has 1 fully saturated rings. The number of hydrogen-bond acceptors (Lipinski definition) is 6. The minimum absolute atomic E-state index is 0.0458. The van der Waals surface area contributed by atoms with Gasteiger partial charge in [0.2, 0.25) is 0 Å². The molecule has 1 aromatic heterocycles. The second kappa shape index (κ2) is 7.65. The topological polar surface area (TPSA) is 79.7 Å². The molecule has 8 heteroatoms. The van der Waals surface area contributed by atoms with Gasteiger partial charge in [-0.1, -0.05) is 30.3 Å². The van der Waals surface area contributed by atoms with Gasteiger partial charge >= 0.3 is 0 Å².